The van der Waals surface area contributed by atoms with Crippen molar-refractivity contribution in [3.63, 3.8) is 0 Å². The molecule has 2 aliphatic rings. The van der Waals surface area contributed by atoms with Gasteiger partial charge in [0.1, 0.15) is 5.54 Å². The van der Waals surface area contributed by atoms with Crippen molar-refractivity contribution in [2.45, 2.75) is 45.1 Å². The third kappa shape index (κ3) is 4.30. The van der Waals surface area contributed by atoms with Gasteiger partial charge >= 0.3 is 0 Å². The number of rotatable bonds is 7. The Morgan fingerprint density at radius 3 is 2.60 bits per heavy atom. The second-order valence-corrected chi connectivity index (χ2v) is 7.28. The first-order valence-corrected chi connectivity index (χ1v) is 8.79. The summed E-state index contributed by atoms with van der Waals surface area (Å²) in [6.45, 7) is 3.81. The maximum atomic E-state index is 12.2. The Kier molecular flexibility index (Phi) is 4.67. The van der Waals surface area contributed by atoms with Gasteiger partial charge in [-0.25, -0.2) is 0 Å². The Labute approximate surface area is 148 Å². The molecule has 2 amide bonds. The molecular weight excluding hydrogens is 316 g/mol. The molecule has 2 fully saturated rings. The average Bonchev–Trinajstić information content (AvgIpc) is 3.47. The van der Waals surface area contributed by atoms with Crippen LogP contribution in [0.3, 0.4) is 0 Å². The third-order valence-corrected chi connectivity index (χ3v) is 4.92. The number of anilines is 2. The topological polar surface area (TPSA) is 94.0 Å². The monoisotopic (exact) mass is 340 g/mol. The summed E-state index contributed by atoms with van der Waals surface area (Å²) in [5.74, 6) is 0.253. The van der Waals surface area contributed by atoms with Gasteiger partial charge in [0.2, 0.25) is 11.8 Å². The molecule has 3 N–H and O–H groups in total. The molecule has 0 aromatic heterocycles. The lowest BCUT2D eigenvalue weighted by Gasteiger charge is -2.23. The quantitative estimate of drug-likeness (QED) is 0.711. The van der Waals surface area contributed by atoms with Crippen molar-refractivity contribution >= 4 is 23.2 Å². The molecule has 6 heteroatoms. The molecule has 2 aliphatic carbocycles. The zero-order valence-electron chi connectivity index (χ0n) is 14.7. The smallest absolute Gasteiger partial charge is 0.240 e. The fourth-order valence-corrected chi connectivity index (χ4v) is 2.87. The molecule has 3 rings (SSSR count). The Hall–Kier alpha value is -2.55. The van der Waals surface area contributed by atoms with Crippen molar-refractivity contribution in [3.05, 3.63) is 23.8 Å². The Morgan fingerprint density at radius 1 is 1.28 bits per heavy atom. The lowest BCUT2D eigenvalue weighted by Crippen LogP contribution is -2.48. The van der Waals surface area contributed by atoms with Crippen LogP contribution in [0, 0.1) is 30.1 Å². The normalized spacial score (nSPS) is 18.6. The van der Waals surface area contributed by atoms with E-state index in [1.165, 1.54) is 0 Å². The van der Waals surface area contributed by atoms with Gasteiger partial charge in [0.05, 0.1) is 12.6 Å². The maximum Gasteiger partial charge on any atom is 0.240 e. The van der Waals surface area contributed by atoms with Gasteiger partial charge in [-0.1, -0.05) is 6.07 Å². The van der Waals surface area contributed by atoms with Crippen molar-refractivity contribution in [2.75, 3.05) is 17.2 Å². The SMILES string of the molecule is Cc1ccc(NC(=O)C2CC2)cc1NCC(=O)NC(C)(C#N)C1CC1. The second-order valence-electron chi connectivity index (χ2n) is 7.28. The number of aryl methyl sites for hydroxylation is 1. The van der Waals surface area contributed by atoms with Crippen LogP contribution in [-0.4, -0.2) is 23.9 Å². The largest absolute Gasteiger partial charge is 0.376 e. The molecule has 0 radical (unpaired) electrons. The minimum absolute atomic E-state index is 0.0572. The average molecular weight is 340 g/mol. The Bertz CT molecular complexity index is 731. The summed E-state index contributed by atoms with van der Waals surface area (Å²) in [4.78, 5) is 24.1. The summed E-state index contributed by atoms with van der Waals surface area (Å²) in [5, 5.41) is 18.2. The number of hydrogen-bond acceptors (Lipinski definition) is 4. The summed E-state index contributed by atoms with van der Waals surface area (Å²) in [6.07, 6.45) is 3.89. The van der Waals surface area contributed by atoms with Crippen molar-refractivity contribution in [1.29, 1.82) is 5.26 Å². The first kappa shape index (κ1) is 17.3. The van der Waals surface area contributed by atoms with Gasteiger partial charge in [0.25, 0.3) is 0 Å². The summed E-state index contributed by atoms with van der Waals surface area (Å²) < 4.78 is 0. The van der Waals surface area contributed by atoms with E-state index >= 15 is 0 Å². The maximum absolute atomic E-state index is 12.2. The van der Waals surface area contributed by atoms with Gasteiger partial charge < -0.3 is 16.0 Å². The van der Waals surface area contributed by atoms with Gasteiger partial charge in [-0.3, -0.25) is 9.59 Å². The predicted octanol–water partition coefficient (Wildman–Crippen LogP) is 2.56. The molecule has 1 aromatic rings. The van der Waals surface area contributed by atoms with Crippen molar-refractivity contribution in [3.8, 4) is 6.07 Å². The van der Waals surface area contributed by atoms with E-state index in [4.69, 9.17) is 0 Å². The number of nitrogens with zero attached hydrogens (tertiary/aromatic N) is 1. The van der Waals surface area contributed by atoms with E-state index in [-0.39, 0.29) is 30.2 Å². The molecule has 0 bridgehead atoms. The predicted molar refractivity (Wildman–Crippen MR) is 95.9 cm³/mol. The molecule has 6 nitrogen and oxygen atoms in total. The van der Waals surface area contributed by atoms with Crippen LogP contribution in [-0.2, 0) is 9.59 Å². The third-order valence-electron chi connectivity index (χ3n) is 4.92. The molecule has 0 saturated heterocycles. The number of carbonyl (C=O) groups excluding carboxylic acids is 2. The summed E-state index contributed by atoms with van der Waals surface area (Å²) >= 11 is 0. The van der Waals surface area contributed by atoms with Gasteiger partial charge in [0, 0.05) is 17.3 Å². The zero-order chi connectivity index (χ0) is 18.0. The van der Waals surface area contributed by atoms with Crippen LogP contribution in [0.2, 0.25) is 0 Å². The molecule has 25 heavy (non-hydrogen) atoms. The highest BCUT2D eigenvalue weighted by molar-refractivity contribution is 5.94. The van der Waals surface area contributed by atoms with Crippen LogP contribution in [0.4, 0.5) is 11.4 Å². The second kappa shape index (κ2) is 6.75. The van der Waals surface area contributed by atoms with E-state index < -0.39 is 5.54 Å². The fraction of sp³-hybridized carbons (Fsp3) is 0.526. The van der Waals surface area contributed by atoms with E-state index in [0.29, 0.717) is 0 Å². The van der Waals surface area contributed by atoms with Gasteiger partial charge in [0.15, 0.2) is 0 Å². The molecular formula is C19H24N4O2. The van der Waals surface area contributed by atoms with E-state index in [2.05, 4.69) is 22.0 Å². The highest BCUT2D eigenvalue weighted by Crippen LogP contribution is 2.39. The molecule has 1 atom stereocenters. The first-order chi connectivity index (χ1) is 11.9. The van der Waals surface area contributed by atoms with Gasteiger partial charge in [-0.05, 0) is 63.1 Å². The number of carbonyl (C=O) groups is 2. The van der Waals surface area contributed by atoms with Crippen molar-refractivity contribution in [1.82, 2.24) is 5.32 Å². The lowest BCUT2D eigenvalue weighted by atomic mass is 9.98. The molecule has 0 heterocycles. The molecule has 1 aromatic carbocycles. The van der Waals surface area contributed by atoms with Gasteiger partial charge in [-0.2, -0.15) is 5.26 Å². The van der Waals surface area contributed by atoms with E-state index in [0.717, 1.165) is 42.6 Å². The molecule has 0 spiro atoms. The van der Waals surface area contributed by atoms with E-state index in [9.17, 15) is 14.9 Å². The molecule has 2 saturated carbocycles. The summed E-state index contributed by atoms with van der Waals surface area (Å²) in [7, 11) is 0. The number of benzene rings is 1. The molecule has 1 unspecified atom stereocenters. The zero-order valence-corrected chi connectivity index (χ0v) is 14.7. The van der Waals surface area contributed by atoms with Crippen LogP contribution >= 0.6 is 0 Å². The fourth-order valence-electron chi connectivity index (χ4n) is 2.87. The minimum Gasteiger partial charge on any atom is -0.376 e. The minimum atomic E-state index is -0.784. The first-order valence-electron chi connectivity index (χ1n) is 8.79. The number of nitriles is 1. The standard InChI is InChI=1S/C19H24N4O2/c1-12-3-8-15(22-18(25)13-4-5-13)9-16(12)21-10-17(24)23-19(2,11-20)14-6-7-14/h3,8-9,13-14,21H,4-7,10H2,1-2H3,(H,22,25)(H,23,24). The summed E-state index contributed by atoms with van der Waals surface area (Å²) in [5.41, 5.74) is 1.73. The Balaban J connectivity index is 1.57. The highest BCUT2D eigenvalue weighted by Gasteiger charge is 2.42. The Morgan fingerprint density at radius 2 is 2.00 bits per heavy atom. The van der Waals surface area contributed by atoms with Crippen LogP contribution in [0.25, 0.3) is 0 Å². The van der Waals surface area contributed by atoms with Crippen LogP contribution < -0.4 is 16.0 Å². The van der Waals surface area contributed by atoms with Crippen LogP contribution in [0.1, 0.15) is 38.2 Å². The summed E-state index contributed by atoms with van der Waals surface area (Å²) in [6, 6.07) is 7.83. The lowest BCUT2D eigenvalue weighted by molar-refractivity contribution is -0.121. The highest BCUT2D eigenvalue weighted by atomic mass is 16.2. The van der Waals surface area contributed by atoms with Crippen molar-refractivity contribution < 1.29 is 9.59 Å². The van der Waals surface area contributed by atoms with Crippen molar-refractivity contribution in [2.24, 2.45) is 11.8 Å². The van der Waals surface area contributed by atoms with Crippen LogP contribution in [0.15, 0.2) is 18.2 Å². The van der Waals surface area contributed by atoms with E-state index in [1.807, 2.05) is 25.1 Å². The van der Waals surface area contributed by atoms with Crippen LogP contribution in [0.5, 0.6) is 0 Å². The number of nitrogens with one attached hydrogen (secondary N) is 3. The molecule has 0 aliphatic heterocycles. The van der Waals surface area contributed by atoms with E-state index in [1.54, 1.807) is 6.92 Å². The van der Waals surface area contributed by atoms with Gasteiger partial charge in [-0.15, -0.1) is 0 Å². The molecule has 132 valence electrons. The number of hydrogen-bond donors (Lipinski definition) is 3. The number of amides is 2.